The molecule has 2 saturated heterocycles. The molecule has 8 heteroatoms. The molecule has 3 rings (SSSR count). The number of hydrogen-bond donors (Lipinski definition) is 0. The summed E-state index contributed by atoms with van der Waals surface area (Å²) in [5.41, 5.74) is 0. The molecule has 0 saturated carbocycles. The second-order valence-electron chi connectivity index (χ2n) is 7.22. The van der Waals surface area contributed by atoms with Gasteiger partial charge in [0.2, 0.25) is 10.0 Å². The summed E-state index contributed by atoms with van der Waals surface area (Å²) >= 11 is 0. The Labute approximate surface area is 154 Å². The number of sulfonamides is 1. The SMILES string of the molecule is COC(=O)C[C@@H]1[C@H](C)[C@@H]2OC(C)(C)OC[C@@H]2N1S(=O)(=O)c1ccccc1. The molecule has 2 fully saturated rings. The fraction of sp³-hybridized carbons (Fsp3) is 0.611. The van der Waals surface area contributed by atoms with Gasteiger partial charge in [0.25, 0.3) is 0 Å². The van der Waals surface area contributed by atoms with Crippen LogP contribution in [0.5, 0.6) is 0 Å². The van der Waals surface area contributed by atoms with Gasteiger partial charge >= 0.3 is 5.97 Å². The van der Waals surface area contributed by atoms with E-state index in [9.17, 15) is 13.2 Å². The van der Waals surface area contributed by atoms with E-state index in [-0.39, 0.29) is 29.9 Å². The van der Waals surface area contributed by atoms with Gasteiger partial charge in [-0.3, -0.25) is 4.79 Å². The van der Waals surface area contributed by atoms with E-state index in [0.29, 0.717) is 0 Å². The Bertz CT molecular complexity index is 763. The zero-order valence-electron chi connectivity index (χ0n) is 15.4. The van der Waals surface area contributed by atoms with Crippen LogP contribution in [0, 0.1) is 5.92 Å². The van der Waals surface area contributed by atoms with Gasteiger partial charge in [0.15, 0.2) is 5.79 Å². The number of carbonyl (C=O) groups excluding carboxylic acids is 1. The minimum Gasteiger partial charge on any atom is -0.469 e. The zero-order chi connectivity index (χ0) is 19.1. The highest BCUT2D eigenvalue weighted by molar-refractivity contribution is 7.89. The number of carbonyl (C=O) groups is 1. The first-order chi connectivity index (χ1) is 12.2. The summed E-state index contributed by atoms with van der Waals surface area (Å²) in [6, 6.07) is 7.17. The predicted octanol–water partition coefficient (Wildman–Crippen LogP) is 1.78. The van der Waals surface area contributed by atoms with Gasteiger partial charge in [0.05, 0.1) is 37.2 Å². The van der Waals surface area contributed by atoms with Crippen LogP contribution in [-0.4, -0.2) is 56.4 Å². The van der Waals surface area contributed by atoms with Crippen molar-refractivity contribution in [3.05, 3.63) is 30.3 Å². The van der Waals surface area contributed by atoms with Gasteiger partial charge in [-0.25, -0.2) is 8.42 Å². The standard InChI is InChI=1S/C18H25NO6S/c1-12-14(10-16(20)23-4)19(15-11-24-18(2,3)25-17(12)15)26(21,22)13-8-6-5-7-9-13/h5-9,12,14-15,17H,10-11H2,1-4H3/t12-,14+,15-,17-/m0/s1. The van der Waals surface area contributed by atoms with E-state index in [0.717, 1.165) is 0 Å². The molecule has 0 N–H and O–H groups in total. The number of hydrogen-bond acceptors (Lipinski definition) is 6. The molecule has 2 heterocycles. The molecule has 1 aromatic rings. The molecule has 0 radical (unpaired) electrons. The minimum atomic E-state index is -3.82. The number of fused-ring (bicyclic) bond motifs is 1. The molecule has 0 aliphatic carbocycles. The van der Waals surface area contributed by atoms with Crippen molar-refractivity contribution < 1.29 is 27.4 Å². The Morgan fingerprint density at radius 3 is 2.58 bits per heavy atom. The van der Waals surface area contributed by atoms with E-state index in [1.54, 1.807) is 44.2 Å². The zero-order valence-corrected chi connectivity index (χ0v) is 16.2. The molecule has 2 aliphatic rings. The summed E-state index contributed by atoms with van der Waals surface area (Å²) in [4.78, 5) is 12.1. The largest absolute Gasteiger partial charge is 0.469 e. The first-order valence-electron chi connectivity index (χ1n) is 8.64. The lowest BCUT2D eigenvalue weighted by Gasteiger charge is -2.40. The molecule has 1 aromatic carbocycles. The highest BCUT2D eigenvalue weighted by atomic mass is 32.2. The maximum atomic E-state index is 13.3. The van der Waals surface area contributed by atoms with Crippen molar-refractivity contribution in [3.8, 4) is 0 Å². The number of methoxy groups -OCH3 is 1. The van der Waals surface area contributed by atoms with Crippen molar-refractivity contribution in [2.75, 3.05) is 13.7 Å². The number of nitrogens with zero attached hydrogens (tertiary/aromatic N) is 1. The number of benzene rings is 1. The maximum absolute atomic E-state index is 13.3. The summed E-state index contributed by atoms with van der Waals surface area (Å²) < 4.78 is 44.6. The van der Waals surface area contributed by atoms with E-state index < -0.39 is 33.9 Å². The summed E-state index contributed by atoms with van der Waals surface area (Å²) in [6.45, 7) is 5.73. The maximum Gasteiger partial charge on any atom is 0.307 e. The second-order valence-corrected chi connectivity index (χ2v) is 9.06. The van der Waals surface area contributed by atoms with Crippen molar-refractivity contribution in [3.63, 3.8) is 0 Å². The smallest absolute Gasteiger partial charge is 0.307 e. The second kappa shape index (κ2) is 6.92. The molecule has 2 aliphatic heterocycles. The van der Waals surface area contributed by atoms with Crippen LogP contribution in [0.1, 0.15) is 27.2 Å². The average Bonchev–Trinajstić information content (AvgIpc) is 2.87. The highest BCUT2D eigenvalue weighted by Crippen LogP contribution is 2.42. The summed E-state index contributed by atoms with van der Waals surface area (Å²) in [7, 11) is -2.52. The summed E-state index contributed by atoms with van der Waals surface area (Å²) in [5, 5.41) is 0. The van der Waals surface area contributed by atoms with E-state index in [1.807, 2.05) is 6.92 Å². The van der Waals surface area contributed by atoms with E-state index >= 15 is 0 Å². The van der Waals surface area contributed by atoms with Gasteiger partial charge in [0, 0.05) is 12.0 Å². The van der Waals surface area contributed by atoms with Crippen molar-refractivity contribution in [1.29, 1.82) is 0 Å². The number of ether oxygens (including phenoxy) is 3. The molecule has 7 nitrogen and oxygen atoms in total. The molecule has 26 heavy (non-hydrogen) atoms. The fourth-order valence-corrected chi connectivity index (χ4v) is 5.70. The number of esters is 1. The van der Waals surface area contributed by atoms with Gasteiger partial charge in [-0.1, -0.05) is 25.1 Å². The van der Waals surface area contributed by atoms with E-state index in [2.05, 4.69) is 0 Å². The normalized spacial score (nSPS) is 31.4. The quantitative estimate of drug-likeness (QED) is 0.737. The molecule has 0 bridgehead atoms. The van der Waals surface area contributed by atoms with Gasteiger partial charge in [-0.05, 0) is 26.0 Å². The third-order valence-corrected chi connectivity index (χ3v) is 7.07. The lowest BCUT2D eigenvalue weighted by molar-refractivity contribution is -0.285. The van der Waals surface area contributed by atoms with Crippen molar-refractivity contribution in [2.24, 2.45) is 5.92 Å². The molecule has 144 valence electrons. The van der Waals surface area contributed by atoms with Crippen molar-refractivity contribution >= 4 is 16.0 Å². The lowest BCUT2D eigenvalue weighted by Crippen LogP contribution is -2.53. The minimum absolute atomic E-state index is 0.0273. The van der Waals surface area contributed by atoms with Crippen LogP contribution in [0.15, 0.2) is 35.2 Å². The molecule has 0 amide bonds. The lowest BCUT2D eigenvalue weighted by atomic mass is 9.95. The molecule has 0 unspecified atom stereocenters. The fourth-order valence-electron chi connectivity index (χ4n) is 3.79. The van der Waals surface area contributed by atoms with Crippen LogP contribution in [-0.2, 0) is 29.0 Å². The van der Waals surface area contributed by atoms with Gasteiger partial charge in [-0.15, -0.1) is 0 Å². The Morgan fingerprint density at radius 2 is 1.96 bits per heavy atom. The average molecular weight is 383 g/mol. The molecular formula is C18H25NO6S. The van der Waals surface area contributed by atoms with Crippen LogP contribution in [0.2, 0.25) is 0 Å². The first-order valence-corrected chi connectivity index (χ1v) is 10.1. The number of rotatable bonds is 4. The van der Waals surface area contributed by atoms with Crippen LogP contribution in [0.25, 0.3) is 0 Å². The highest BCUT2D eigenvalue weighted by Gasteiger charge is 2.56. The van der Waals surface area contributed by atoms with E-state index in [4.69, 9.17) is 14.2 Å². The molecular weight excluding hydrogens is 358 g/mol. The van der Waals surface area contributed by atoms with Crippen LogP contribution in [0.4, 0.5) is 0 Å². The van der Waals surface area contributed by atoms with Gasteiger partial charge < -0.3 is 14.2 Å². The third-order valence-electron chi connectivity index (χ3n) is 5.10. The van der Waals surface area contributed by atoms with Crippen LogP contribution >= 0.6 is 0 Å². The summed E-state index contributed by atoms with van der Waals surface area (Å²) in [5.74, 6) is -1.42. The molecule has 0 aromatic heterocycles. The van der Waals surface area contributed by atoms with Crippen molar-refractivity contribution in [2.45, 2.75) is 56.1 Å². The Morgan fingerprint density at radius 1 is 1.31 bits per heavy atom. The Kier molecular flexibility index (Phi) is 5.13. The Hall–Kier alpha value is -1.48. The van der Waals surface area contributed by atoms with Crippen LogP contribution in [0.3, 0.4) is 0 Å². The molecule has 4 atom stereocenters. The third kappa shape index (κ3) is 3.38. The topological polar surface area (TPSA) is 82.1 Å². The van der Waals surface area contributed by atoms with Gasteiger partial charge in [0.1, 0.15) is 0 Å². The predicted molar refractivity (Wildman–Crippen MR) is 93.7 cm³/mol. The first kappa shape index (κ1) is 19.3. The molecule has 0 spiro atoms. The van der Waals surface area contributed by atoms with E-state index in [1.165, 1.54) is 11.4 Å². The summed E-state index contributed by atoms with van der Waals surface area (Å²) in [6.07, 6.45) is -0.382. The van der Waals surface area contributed by atoms with Crippen LogP contribution < -0.4 is 0 Å². The Balaban J connectivity index is 2.02. The monoisotopic (exact) mass is 383 g/mol. The van der Waals surface area contributed by atoms with Crippen molar-refractivity contribution in [1.82, 2.24) is 4.31 Å². The van der Waals surface area contributed by atoms with Gasteiger partial charge in [-0.2, -0.15) is 4.31 Å².